The third-order valence-electron chi connectivity index (χ3n) is 3.26. The summed E-state index contributed by atoms with van der Waals surface area (Å²) in [5.74, 6) is 0.273. The molecule has 110 valence electrons. The summed E-state index contributed by atoms with van der Waals surface area (Å²) in [4.78, 5) is 16.8. The van der Waals surface area contributed by atoms with E-state index in [-0.39, 0.29) is 0 Å². The van der Waals surface area contributed by atoms with Gasteiger partial charge in [0.1, 0.15) is 11.5 Å². The molecule has 0 bridgehead atoms. The van der Waals surface area contributed by atoms with E-state index in [2.05, 4.69) is 5.16 Å². The van der Waals surface area contributed by atoms with Crippen molar-refractivity contribution < 1.29 is 14.4 Å². The monoisotopic (exact) mass is 293 g/mol. The summed E-state index contributed by atoms with van der Waals surface area (Å²) >= 11 is 0. The zero-order valence-electron chi connectivity index (χ0n) is 12.2. The Morgan fingerprint density at radius 3 is 2.59 bits per heavy atom. The molecule has 0 atom stereocenters. The van der Waals surface area contributed by atoms with Gasteiger partial charge in [0.15, 0.2) is 0 Å². The molecule has 1 aliphatic heterocycles. The molecular formula is C18H15NO3. The van der Waals surface area contributed by atoms with Crippen LogP contribution in [0.1, 0.15) is 18.1 Å². The first-order valence-electron chi connectivity index (χ1n) is 7.08. The van der Waals surface area contributed by atoms with Gasteiger partial charge in [0.2, 0.25) is 0 Å². The predicted octanol–water partition coefficient (Wildman–Crippen LogP) is 3.43. The first-order valence-corrected chi connectivity index (χ1v) is 7.08. The molecule has 0 aliphatic carbocycles. The zero-order valence-corrected chi connectivity index (χ0v) is 12.2. The Morgan fingerprint density at radius 2 is 1.82 bits per heavy atom. The Morgan fingerprint density at radius 1 is 1.09 bits per heavy atom. The summed E-state index contributed by atoms with van der Waals surface area (Å²) in [5.41, 5.74) is 2.63. The van der Waals surface area contributed by atoms with Gasteiger partial charge in [-0.3, -0.25) is 0 Å². The fourth-order valence-corrected chi connectivity index (χ4v) is 2.26. The molecule has 3 rings (SSSR count). The molecule has 0 saturated heterocycles. The van der Waals surface area contributed by atoms with Gasteiger partial charge in [-0.15, -0.1) is 0 Å². The van der Waals surface area contributed by atoms with Gasteiger partial charge >= 0.3 is 5.97 Å². The number of rotatable bonds is 4. The lowest BCUT2D eigenvalue weighted by Crippen LogP contribution is -2.07. The average molecular weight is 293 g/mol. The molecular weight excluding hydrogens is 278 g/mol. The van der Waals surface area contributed by atoms with Crippen molar-refractivity contribution in [3.05, 3.63) is 71.3 Å². The van der Waals surface area contributed by atoms with Crippen molar-refractivity contribution in [1.29, 1.82) is 0 Å². The van der Waals surface area contributed by atoms with Gasteiger partial charge in [-0.25, -0.2) is 4.79 Å². The van der Waals surface area contributed by atoms with Crippen molar-refractivity contribution >= 4 is 17.8 Å². The Hall–Kier alpha value is -2.88. The molecule has 0 unspecified atom stereocenters. The number of oxime groups is 1. The molecule has 0 fully saturated rings. The second-order valence-electron chi connectivity index (χ2n) is 4.71. The van der Waals surface area contributed by atoms with Crippen LogP contribution in [0.25, 0.3) is 6.08 Å². The number of benzene rings is 2. The van der Waals surface area contributed by atoms with Crippen LogP contribution in [-0.2, 0) is 9.63 Å². The van der Waals surface area contributed by atoms with E-state index < -0.39 is 5.97 Å². The van der Waals surface area contributed by atoms with Crippen LogP contribution in [0.5, 0.6) is 5.75 Å². The highest BCUT2D eigenvalue weighted by atomic mass is 16.7. The van der Waals surface area contributed by atoms with Crippen LogP contribution in [-0.4, -0.2) is 18.3 Å². The largest absolute Gasteiger partial charge is 0.493 e. The Labute approximate surface area is 128 Å². The number of nitrogens with zero attached hydrogens (tertiary/aromatic N) is 1. The van der Waals surface area contributed by atoms with Crippen molar-refractivity contribution in [2.45, 2.75) is 6.92 Å². The van der Waals surface area contributed by atoms with Crippen molar-refractivity contribution in [2.75, 3.05) is 6.61 Å². The topological polar surface area (TPSA) is 47.9 Å². The Balaban J connectivity index is 2.02. The Bertz CT molecular complexity index is 748. The first-order chi connectivity index (χ1) is 10.8. The van der Waals surface area contributed by atoms with E-state index in [1.165, 1.54) is 0 Å². The van der Waals surface area contributed by atoms with Crippen LogP contribution in [0, 0.1) is 0 Å². The number of hydrogen-bond donors (Lipinski definition) is 0. The number of para-hydroxylation sites is 1. The third kappa shape index (κ3) is 2.76. The number of carbonyl (C=O) groups excluding carboxylic acids is 1. The fraction of sp³-hybridized carbons (Fsp3) is 0.111. The maximum absolute atomic E-state index is 12.0. The molecule has 2 aromatic carbocycles. The van der Waals surface area contributed by atoms with Gasteiger partial charge in [0.05, 0.1) is 12.2 Å². The van der Waals surface area contributed by atoms with Crippen LogP contribution in [0.4, 0.5) is 0 Å². The Kier molecular flexibility index (Phi) is 4.01. The van der Waals surface area contributed by atoms with Crippen molar-refractivity contribution in [3.8, 4) is 5.75 Å². The average Bonchev–Trinajstić information content (AvgIpc) is 2.91. The van der Waals surface area contributed by atoms with E-state index in [1.54, 1.807) is 6.08 Å². The summed E-state index contributed by atoms with van der Waals surface area (Å²) in [6.45, 7) is 2.48. The van der Waals surface area contributed by atoms with Crippen LogP contribution >= 0.6 is 0 Å². The summed E-state index contributed by atoms with van der Waals surface area (Å²) in [7, 11) is 0. The zero-order chi connectivity index (χ0) is 15.4. The van der Waals surface area contributed by atoms with Crippen molar-refractivity contribution in [3.63, 3.8) is 0 Å². The standard InChI is InChI=1S/C18H15NO3/c1-2-21-16-11-7-6-10-14(16)12-15-17(19-22-18(15)20)13-8-4-3-5-9-13/h3-12H,2H2,1H3. The SMILES string of the molecule is CCOc1ccccc1C=C1C(=O)ON=C1c1ccccc1. The van der Waals surface area contributed by atoms with Crippen molar-refractivity contribution in [1.82, 2.24) is 0 Å². The van der Waals surface area contributed by atoms with Gasteiger partial charge in [0, 0.05) is 11.1 Å². The lowest BCUT2D eigenvalue weighted by molar-refractivity contribution is -0.136. The summed E-state index contributed by atoms with van der Waals surface area (Å²) in [6.07, 6.45) is 1.76. The summed E-state index contributed by atoms with van der Waals surface area (Å²) in [5, 5.41) is 3.90. The van der Waals surface area contributed by atoms with E-state index in [9.17, 15) is 4.79 Å². The van der Waals surface area contributed by atoms with E-state index in [0.717, 1.165) is 16.9 Å². The van der Waals surface area contributed by atoms with Gasteiger partial charge in [-0.1, -0.05) is 53.7 Å². The molecule has 1 heterocycles. The molecule has 0 spiro atoms. The lowest BCUT2D eigenvalue weighted by atomic mass is 10.0. The fourth-order valence-electron chi connectivity index (χ4n) is 2.26. The van der Waals surface area contributed by atoms with Crippen LogP contribution in [0.3, 0.4) is 0 Å². The van der Waals surface area contributed by atoms with E-state index in [4.69, 9.17) is 9.57 Å². The number of ether oxygens (including phenoxy) is 1. The van der Waals surface area contributed by atoms with Crippen LogP contribution < -0.4 is 4.74 Å². The smallest absolute Gasteiger partial charge is 0.368 e. The van der Waals surface area contributed by atoms with Gasteiger partial charge < -0.3 is 9.57 Å². The van der Waals surface area contributed by atoms with Crippen molar-refractivity contribution in [2.24, 2.45) is 5.16 Å². The molecule has 0 aromatic heterocycles. The molecule has 1 aliphatic rings. The molecule has 22 heavy (non-hydrogen) atoms. The van der Waals surface area contributed by atoms with Gasteiger partial charge in [-0.2, -0.15) is 0 Å². The minimum absolute atomic E-state index is 0.429. The highest BCUT2D eigenvalue weighted by molar-refractivity contribution is 6.31. The molecule has 0 amide bonds. The number of carbonyl (C=O) groups is 1. The maximum atomic E-state index is 12.0. The molecule has 2 aromatic rings. The molecule has 4 nitrogen and oxygen atoms in total. The highest BCUT2D eigenvalue weighted by Crippen LogP contribution is 2.25. The van der Waals surface area contributed by atoms with Crippen LogP contribution in [0.2, 0.25) is 0 Å². The van der Waals surface area contributed by atoms with E-state index in [0.29, 0.717) is 17.9 Å². The summed E-state index contributed by atoms with van der Waals surface area (Å²) in [6, 6.07) is 17.0. The highest BCUT2D eigenvalue weighted by Gasteiger charge is 2.26. The first kappa shape index (κ1) is 14.1. The van der Waals surface area contributed by atoms with Gasteiger partial charge in [-0.05, 0) is 19.1 Å². The summed E-state index contributed by atoms with van der Waals surface area (Å²) < 4.78 is 5.59. The second-order valence-corrected chi connectivity index (χ2v) is 4.71. The minimum atomic E-state index is -0.454. The molecule has 0 saturated carbocycles. The molecule has 0 N–H and O–H groups in total. The second kappa shape index (κ2) is 6.26. The number of hydrogen-bond acceptors (Lipinski definition) is 4. The predicted molar refractivity (Wildman–Crippen MR) is 84.7 cm³/mol. The van der Waals surface area contributed by atoms with E-state index >= 15 is 0 Å². The molecule has 0 radical (unpaired) electrons. The molecule has 4 heteroatoms. The van der Waals surface area contributed by atoms with Gasteiger partial charge in [0.25, 0.3) is 0 Å². The van der Waals surface area contributed by atoms with E-state index in [1.807, 2.05) is 61.5 Å². The minimum Gasteiger partial charge on any atom is -0.493 e. The van der Waals surface area contributed by atoms with Crippen LogP contribution in [0.15, 0.2) is 65.3 Å². The normalized spacial score (nSPS) is 15.6. The quantitative estimate of drug-likeness (QED) is 0.641. The lowest BCUT2D eigenvalue weighted by Gasteiger charge is -2.07. The third-order valence-corrected chi connectivity index (χ3v) is 3.26. The maximum Gasteiger partial charge on any atom is 0.368 e.